The molecule has 1 unspecified atom stereocenters. The number of aromatic nitrogens is 2. The van der Waals surface area contributed by atoms with Crippen molar-refractivity contribution in [2.45, 2.75) is 12.5 Å². The van der Waals surface area contributed by atoms with Crippen molar-refractivity contribution in [1.82, 2.24) is 14.9 Å². The number of hydrogen-bond acceptors (Lipinski definition) is 5. The van der Waals surface area contributed by atoms with Crippen LogP contribution in [0.25, 0.3) is 0 Å². The molecule has 0 N–H and O–H groups in total. The van der Waals surface area contributed by atoms with Gasteiger partial charge in [-0.25, -0.2) is 4.98 Å². The second-order valence-electron chi connectivity index (χ2n) is 5.36. The highest BCUT2D eigenvalue weighted by molar-refractivity contribution is 5.92. The first-order chi connectivity index (χ1) is 11.3. The number of ether oxygens (including phenoxy) is 2. The van der Waals surface area contributed by atoms with Gasteiger partial charge in [0.2, 0.25) is 0 Å². The van der Waals surface area contributed by atoms with E-state index in [2.05, 4.69) is 22.1 Å². The summed E-state index contributed by atoms with van der Waals surface area (Å²) in [6.45, 7) is 1.65. The first-order valence-electron chi connectivity index (χ1n) is 7.58. The van der Waals surface area contributed by atoms with Crippen LogP contribution in [0.4, 0.5) is 0 Å². The molecule has 2 heterocycles. The van der Waals surface area contributed by atoms with Crippen molar-refractivity contribution < 1.29 is 14.3 Å². The molecule has 1 saturated heterocycles. The van der Waals surface area contributed by atoms with E-state index < -0.39 is 0 Å². The normalized spacial score (nSPS) is 17.8. The summed E-state index contributed by atoms with van der Waals surface area (Å²) in [4.78, 5) is 22.4. The van der Waals surface area contributed by atoms with E-state index in [0.717, 1.165) is 6.42 Å². The van der Waals surface area contributed by atoms with Gasteiger partial charge in [-0.15, -0.1) is 0 Å². The SMILES string of the molecule is COc1nccc(C(=O)N2CCOC(Cc3ccccc3)C2)n1. The number of nitrogens with zero attached hydrogens (tertiary/aromatic N) is 3. The molecule has 6 heteroatoms. The minimum Gasteiger partial charge on any atom is -0.467 e. The number of carbonyl (C=O) groups is 1. The van der Waals surface area contributed by atoms with Crippen LogP contribution in [-0.2, 0) is 11.2 Å². The van der Waals surface area contributed by atoms with E-state index in [1.54, 1.807) is 11.0 Å². The maximum absolute atomic E-state index is 12.6. The van der Waals surface area contributed by atoms with Crippen LogP contribution >= 0.6 is 0 Å². The molecule has 0 radical (unpaired) electrons. The molecule has 0 aliphatic carbocycles. The van der Waals surface area contributed by atoms with Gasteiger partial charge < -0.3 is 14.4 Å². The predicted molar refractivity (Wildman–Crippen MR) is 84.4 cm³/mol. The van der Waals surface area contributed by atoms with Crippen molar-refractivity contribution in [2.24, 2.45) is 0 Å². The molecular weight excluding hydrogens is 294 g/mol. The van der Waals surface area contributed by atoms with Crippen LogP contribution in [-0.4, -0.2) is 53.7 Å². The molecule has 2 aromatic rings. The first kappa shape index (κ1) is 15.4. The number of morpholine rings is 1. The van der Waals surface area contributed by atoms with Gasteiger partial charge in [0.25, 0.3) is 5.91 Å². The second-order valence-corrected chi connectivity index (χ2v) is 5.36. The van der Waals surface area contributed by atoms with E-state index in [-0.39, 0.29) is 18.0 Å². The Morgan fingerprint density at radius 2 is 2.17 bits per heavy atom. The topological polar surface area (TPSA) is 64.5 Å². The molecule has 1 aromatic carbocycles. The van der Waals surface area contributed by atoms with Crippen LogP contribution in [0, 0.1) is 0 Å². The molecule has 0 spiro atoms. The summed E-state index contributed by atoms with van der Waals surface area (Å²) in [7, 11) is 1.48. The molecule has 1 atom stereocenters. The van der Waals surface area contributed by atoms with Crippen LogP contribution < -0.4 is 4.74 Å². The van der Waals surface area contributed by atoms with E-state index in [9.17, 15) is 4.79 Å². The second kappa shape index (κ2) is 7.19. The Balaban J connectivity index is 1.66. The van der Waals surface area contributed by atoms with Gasteiger partial charge in [-0.2, -0.15) is 4.98 Å². The quantitative estimate of drug-likeness (QED) is 0.857. The van der Waals surface area contributed by atoms with Gasteiger partial charge in [0.05, 0.1) is 19.8 Å². The summed E-state index contributed by atoms with van der Waals surface area (Å²) in [5.41, 5.74) is 1.55. The standard InChI is InChI=1S/C17H19N3O3/c1-22-17-18-8-7-15(19-17)16(21)20-9-10-23-14(12-20)11-13-5-3-2-4-6-13/h2-8,14H,9-12H2,1H3. The fraction of sp³-hybridized carbons (Fsp3) is 0.353. The molecule has 1 aromatic heterocycles. The fourth-order valence-corrected chi connectivity index (χ4v) is 2.62. The highest BCUT2D eigenvalue weighted by Gasteiger charge is 2.26. The van der Waals surface area contributed by atoms with E-state index in [1.165, 1.54) is 18.9 Å². The predicted octanol–water partition coefficient (Wildman–Crippen LogP) is 1.57. The first-order valence-corrected chi connectivity index (χ1v) is 7.58. The van der Waals surface area contributed by atoms with Crippen LogP contribution in [0.15, 0.2) is 42.6 Å². The van der Waals surface area contributed by atoms with Gasteiger partial charge in [0.15, 0.2) is 0 Å². The Kier molecular flexibility index (Phi) is 4.83. The molecule has 3 rings (SSSR count). The van der Waals surface area contributed by atoms with Crippen molar-refractivity contribution in [3.63, 3.8) is 0 Å². The van der Waals surface area contributed by atoms with Crippen molar-refractivity contribution in [2.75, 3.05) is 26.8 Å². The Labute approximate surface area is 135 Å². The lowest BCUT2D eigenvalue weighted by molar-refractivity contribution is -0.0210. The third kappa shape index (κ3) is 3.84. The van der Waals surface area contributed by atoms with Gasteiger partial charge >= 0.3 is 6.01 Å². The zero-order valence-corrected chi connectivity index (χ0v) is 13.0. The van der Waals surface area contributed by atoms with E-state index >= 15 is 0 Å². The summed E-state index contributed by atoms with van der Waals surface area (Å²) in [6, 6.07) is 11.9. The van der Waals surface area contributed by atoms with Gasteiger partial charge in [-0.3, -0.25) is 4.79 Å². The number of benzene rings is 1. The minimum atomic E-state index is -0.118. The summed E-state index contributed by atoms with van der Waals surface area (Å²) in [5, 5.41) is 0. The third-order valence-electron chi connectivity index (χ3n) is 3.77. The summed E-state index contributed by atoms with van der Waals surface area (Å²) >= 11 is 0. The highest BCUT2D eigenvalue weighted by Crippen LogP contribution is 2.14. The van der Waals surface area contributed by atoms with E-state index in [0.29, 0.717) is 25.4 Å². The van der Waals surface area contributed by atoms with Gasteiger partial charge in [-0.1, -0.05) is 30.3 Å². The summed E-state index contributed by atoms with van der Waals surface area (Å²) < 4.78 is 10.8. The maximum atomic E-state index is 12.6. The lowest BCUT2D eigenvalue weighted by Gasteiger charge is -2.32. The van der Waals surface area contributed by atoms with Crippen molar-refractivity contribution in [3.05, 3.63) is 53.9 Å². The molecule has 6 nitrogen and oxygen atoms in total. The monoisotopic (exact) mass is 313 g/mol. The average molecular weight is 313 g/mol. The molecule has 0 saturated carbocycles. The van der Waals surface area contributed by atoms with Gasteiger partial charge in [0, 0.05) is 25.7 Å². The smallest absolute Gasteiger partial charge is 0.316 e. The lowest BCUT2D eigenvalue weighted by atomic mass is 10.1. The van der Waals surface area contributed by atoms with Crippen LogP contribution in [0.1, 0.15) is 16.1 Å². The molecule has 1 aliphatic heterocycles. The van der Waals surface area contributed by atoms with Crippen LogP contribution in [0.2, 0.25) is 0 Å². The third-order valence-corrected chi connectivity index (χ3v) is 3.77. The Morgan fingerprint density at radius 3 is 2.96 bits per heavy atom. The zero-order chi connectivity index (χ0) is 16.1. The lowest BCUT2D eigenvalue weighted by Crippen LogP contribution is -2.46. The molecular formula is C17H19N3O3. The number of carbonyl (C=O) groups excluding carboxylic acids is 1. The van der Waals surface area contributed by atoms with Crippen LogP contribution in [0.5, 0.6) is 6.01 Å². The van der Waals surface area contributed by atoms with Crippen molar-refractivity contribution in [3.8, 4) is 6.01 Å². The molecule has 1 fully saturated rings. The van der Waals surface area contributed by atoms with Crippen molar-refractivity contribution >= 4 is 5.91 Å². The fourth-order valence-electron chi connectivity index (χ4n) is 2.62. The Morgan fingerprint density at radius 1 is 1.35 bits per heavy atom. The van der Waals surface area contributed by atoms with Crippen molar-refractivity contribution in [1.29, 1.82) is 0 Å². The number of methoxy groups -OCH3 is 1. The number of amides is 1. The van der Waals surface area contributed by atoms with E-state index in [1.807, 2.05) is 18.2 Å². The number of rotatable bonds is 4. The van der Waals surface area contributed by atoms with Gasteiger partial charge in [-0.05, 0) is 11.6 Å². The largest absolute Gasteiger partial charge is 0.467 e. The molecule has 1 aliphatic rings. The maximum Gasteiger partial charge on any atom is 0.316 e. The van der Waals surface area contributed by atoms with Crippen LogP contribution in [0.3, 0.4) is 0 Å². The Bertz CT molecular complexity index is 663. The van der Waals surface area contributed by atoms with E-state index in [4.69, 9.17) is 9.47 Å². The molecule has 120 valence electrons. The Hall–Kier alpha value is -2.47. The van der Waals surface area contributed by atoms with Gasteiger partial charge in [0.1, 0.15) is 5.69 Å². The zero-order valence-electron chi connectivity index (χ0n) is 13.0. The summed E-state index contributed by atoms with van der Waals surface area (Å²) in [5.74, 6) is -0.118. The minimum absolute atomic E-state index is 0.00108. The highest BCUT2D eigenvalue weighted by atomic mass is 16.5. The number of hydrogen-bond donors (Lipinski definition) is 0. The summed E-state index contributed by atoms with van der Waals surface area (Å²) in [6.07, 6.45) is 2.32. The molecule has 0 bridgehead atoms. The molecule has 23 heavy (non-hydrogen) atoms. The molecule has 1 amide bonds. The average Bonchev–Trinajstić information content (AvgIpc) is 2.62.